The summed E-state index contributed by atoms with van der Waals surface area (Å²) in [7, 11) is -3.13. The summed E-state index contributed by atoms with van der Waals surface area (Å²) >= 11 is 6.10. The van der Waals surface area contributed by atoms with E-state index in [0.29, 0.717) is 13.1 Å². The van der Waals surface area contributed by atoms with E-state index in [1.165, 1.54) is 4.31 Å². The fraction of sp³-hybridized carbons (Fsp3) is 1.00. The summed E-state index contributed by atoms with van der Waals surface area (Å²) in [5.41, 5.74) is -0.122. The van der Waals surface area contributed by atoms with Crippen LogP contribution in [-0.2, 0) is 10.0 Å². The number of nitrogens with zero attached hydrogens (tertiary/aromatic N) is 1. The highest BCUT2D eigenvalue weighted by Crippen LogP contribution is 2.35. The van der Waals surface area contributed by atoms with Crippen molar-refractivity contribution in [3.05, 3.63) is 0 Å². The average molecular weight is 240 g/mol. The van der Waals surface area contributed by atoms with Gasteiger partial charge in [-0.05, 0) is 19.3 Å². The monoisotopic (exact) mass is 239 g/mol. The Morgan fingerprint density at radius 3 is 2.21 bits per heavy atom. The predicted molar refractivity (Wildman–Crippen MR) is 59.1 cm³/mol. The Morgan fingerprint density at radius 1 is 1.43 bits per heavy atom. The second-order valence-corrected chi connectivity index (χ2v) is 7.86. The quantitative estimate of drug-likeness (QED) is 0.688. The molecule has 0 N–H and O–H groups in total. The molecule has 1 aliphatic rings. The van der Waals surface area contributed by atoms with Crippen LogP contribution in [0.25, 0.3) is 0 Å². The van der Waals surface area contributed by atoms with Crippen LogP contribution in [0.5, 0.6) is 0 Å². The van der Waals surface area contributed by atoms with Crippen LogP contribution in [0.4, 0.5) is 0 Å². The van der Waals surface area contributed by atoms with Crippen LogP contribution >= 0.6 is 11.6 Å². The lowest BCUT2D eigenvalue weighted by molar-refractivity contribution is 0.376. The summed E-state index contributed by atoms with van der Waals surface area (Å²) in [5.74, 6) is 0. The van der Waals surface area contributed by atoms with Crippen LogP contribution in [0.2, 0.25) is 0 Å². The number of alkyl halides is 1. The maximum atomic E-state index is 11.8. The van der Waals surface area contributed by atoms with Gasteiger partial charge in [0.05, 0.1) is 10.6 Å². The van der Waals surface area contributed by atoms with E-state index in [1.807, 2.05) is 13.8 Å². The second kappa shape index (κ2) is 3.65. The van der Waals surface area contributed by atoms with E-state index in [-0.39, 0.29) is 16.0 Å². The normalized spacial score (nSPS) is 28.6. The average Bonchev–Trinajstić information content (AvgIpc) is 2.27. The lowest BCUT2D eigenvalue weighted by atomic mass is 9.93. The fourth-order valence-corrected chi connectivity index (χ4v) is 3.32. The molecule has 0 amide bonds. The highest BCUT2D eigenvalue weighted by atomic mass is 35.5. The smallest absolute Gasteiger partial charge is 0.212 e. The minimum atomic E-state index is -3.13. The summed E-state index contributed by atoms with van der Waals surface area (Å²) in [4.78, 5) is 0. The van der Waals surface area contributed by atoms with Crippen molar-refractivity contribution in [2.75, 3.05) is 13.1 Å². The fourth-order valence-electron chi connectivity index (χ4n) is 1.54. The Balaban J connectivity index is 2.87. The minimum absolute atomic E-state index is 0.0870. The first-order valence-corrected chi connectivity index (χ1v) is 6.75. The molecular formula is C9H18ClNO2S. The van der Waals surface area contributed by atoms with E-state index >= 15 is 0 Å². The summed E-state index contributed by atoms with van der Waals surface area (Å²) in [5, 5.41) is -0.448. The summed E-state index contributed by atoms with van der Waals surface area (Å²) in [6.45, 7) is 8.37. The Labute approximate surface area is 91.5 Å². The molecule has 14 heavy (non-hydrogen) atoms. The first kappa shape index (κ1) is 12.3. The molecule has 0 radical (unpaired) electrons. The van der Waals surface area contributed by atoms with Gasteiger partial charge in [-0.25, -0.2) is 8.42 Å². The van der Waals surface area contributed by atoms with Gasteiger partial charge in [-0.1, -0.05) is 13.8 Å². The number of hydrogen-bond acceptors (Lipinski definition) is 2. The Morgan fingerprint density at radius 2 is 1.93 bits per heavy atom. The first-order chi connectivity index (χ1) is 6.18. The van der Waals surface area contributed by atoms with Crippen LogP contribution in [0, 0.1) is 5.41 Å². The molecule has 1 aliphatic heterocycles. The molecule has 0 bridgehead atoms. The lowest BCUT2D eigenvalue weighted by Gasteiger charge is -2.21. The van der Waals surface area contributed by atoms with Crippen LogP contribution in [0.15, 0.2) is 0 Å². The van der Waals surface area contributed by atoms with Gasteiger partial charge in [0, 0.05) is 13.1 Å². The SMILES string of the molecule is CC(C)S(=O)(=O)N1CC(Cl)C(C)(C)C1. The van der Waals surface area contributed by atoms with Crippen molar-refractivity contribution < 1.29 is 8.42 Å². The maximum absolute atomic E-state index is 11.8. The largest absolute Gasteiger partial charge is 0.216 e. The molecule has 1 fully saturated rings. The molecule has 1 saturated heterocycles. The lowest BCUT2D eigenvalue weighted by Crippen LogP contribution is -2.35. The van der Waals surface area contributed by atoms with Crippen molar-refractivity contribution in [3.63, 3.8) is 0 Å². The van der Waals surface area contributed by atoms with Crippen molar-refractivity contribution in [3.8, 4) is 0 Å². The standard InChI is InChI=1S/C9H18ClNO2S/c1-7(2)14(12,13)11-5-8(10)9(3,4)6-11/h7-8H,5-6H2,1-4H3. The molecule has 1 rings (SSSR count). The Kier molecular flexibility index (Phi) is 3.20. The molecule has 1 atom stereocenters. The van der Waals surface area contributed by atoms with E-state index in [9.17, 15) is 8.42 Å². The van der Waals surface area contributed by atoms with Gasteiger partial charge in [0.25, 0.3) is 0 Å². The number of sulfonamides is 1. The molecule has 0 aromatic rings. The van der Waals surface area contributed by atoms with Crippen molar-refractivity contribution in [1.29, 1.82) is 0 Å². The summed E-state index contributed by atoms with van der Waals surface area (Å²) < 4.78 is 25.2. The van der Waals surface area contributed by atoms with Crippen LogP contribution in [-0.4, -0.2) is 36.4 Å². The van der Waals surface area contributed by atoms with Crippen LogP contribution < -0.4 is 0 Å². The first-order valence-electron chi connectivity index (χ1n) is 4.81. The molecule has 0 spiro atoms. The van der Waals surface area contributed by atoms with Crippen LogP contribution in [0.3, 0.4) is 0 Å². The zero-order valence-electron chi connectivity index (χ0n) is 9.12. The number of rotatable bonds is 2. The van der Waals surface area contributed by atoms with Gasteiger partial charge in [-0.2, -0.15) is 4.31 Å². The minimum Gasteiger partial charge on any atom is -0.212 e. The summed E-state index contributed by atoms with van der Waals surface area (Å²) in [6, 6.07) is 0. The molecule has 84 valence electrons. The second-order valence-electron chi connectivity index (χ2n) is 4.84. The van der Waals surface area contributed by atoms with Gasteiger partial charge in [0.15, 0.2) is 0 Å². The number of halogens is 1. The van der Waals surface area contributed by atoms with E-state index in [2.05, 4.69) is 0 Å². The Hall–Kier alpha value is 0.200. The molecule has 1 unspecified atom stereocenters. The van der Waals surface area contributed by atoms with Crippen molar-refractivity contribution >= 4 is 21.6 Å². The summed E-state index contributed by atoms with van der Waals surface area (Å²) in [6.07, 6.45) is 0. The molecule has 3 nitrogen and oxygen atoms in total. The predicted octanol–water partition coefficient (Wildman–Crippen LogP) is 1.67. The van der Waals surface area contributed by atoms with Gasteiger partial charge >= 0.3 is 0 Å². The van der Waals surface area contributed by atoms with Gasteiger partial charge in [-0.15, -0.1) is 11.6 Å². The van der Waals surface area contributed by atoms with E-state index in [4.69, 9.17) is 11.6 Å². The van der Waals surface area contributed by atoms with Gasteiger partial charge in [0.1, 0.15) is 0 Å². The zero-order chi connectivity index (χ0) is 11.1. The third-order valence-corrected chi connectivity index (χ3v) is 5.67. The molecule has 0 aromatic carbocycles. The van der Waals surface area contributed by atoms with Gasteiger partial charge < -0.3 is 0 Å². The van der Waals surface area contributed by atoms with Crippen molar-refractivity contribution in [1.82, 2.24) is 4.31 Å². The zero-order valence-corrected chi connectivity index (χ0v) is 10.7. The highest BCUT2D eigenvalue weighted by Gasteiger charge is 2.43. The molecule has 0 aliphatic carbocycles. The third kappa shape index (κ3) is 2.07. The molecule has 0 saturated carbocycles. The molecule has 5 heteroatoms. The number of hydrogen-bond donors (Lipinski definition) is 0. The molecular weight excluding hydrogens is 222 g/mol. The van der Waals surface area contributed by atoms with E-state index in [1.54, 1.807) is 13.8 Å². The Bertz CT molecular complexity index is 311. The van der Waals surface area contributed by atoms with E-state index in [0.717, 1.165) is 0 Å². The van der Waals surface area contributed by atoms with Crippen molar-refractivity contribution in [2.24, 2.45) is 5.41 Å². The highest BCUT2D eigenvalue weighted by molar-refractivity contribution is 7.89. The third-order valence-electron chi connectivity index (χ3n) is 2.75. The van der Waals surface area contributed by atoms with Gasteiger partial charge in [0.2, 0.25) is 10.0 Å². The van der Waals surface area contributed by atoms with Crippen molar-refractivity contribution in [2.45, 2.75) is 38.3 Å². The topological polar surface area (TPSA) is 37.4 Å². The molecule has 1 heterocycles. The maximum Gasteiger partial charge on any atom is 0.216 e. The van der Waals surface area contributed by atoms with Crippen LogP contribution in [0.1, 0.15) is 27.7 Å². The van der Waals surface area contributed by atoms with Gasteiger partial charge in [-0.3, -0.25) is 0 Å². The van der Waals surface area contributed by atoms with E-state index < -0.39 is 10.0 Å². The molecule has 0 aromatic heterocycles.